The average Bonchev–Trinajstić information content (AvgIpc) is 3.02. The second-order valence-electron chi connectivity index (χ2n) is 5.64. The van der Waals surface area contributed by atoms with Crippen molar-refractivity contribution in [3.8, 4) is 0 Å². The van der Waals surface area contributed by atoms with Crippen LogP contribution in [0.2, 0.25) is 0 Å². The zero-order chi connectivity index (χ0) is 13.1. The number of rotatable bonds is 2. The molecule has 1 aliphatic heterocycles. The molecule has 1 fully saturated rings. The number of piperidine rings is 1. The molecule has 0 spiro atoms. The molecule has 0 bridgehead atoms. The molecule has 0 aromatic carbocycles. The van der Waals surface area contributed by atoms with Crippen LogP contribution in [0, 0.1) is 5.92 Å². The molecule has 1 aromatic rings. The summed E-state index contributed by atoms with van der Waals surface area (Å²) in [6.45, 7) is 1.89. The molecule has 1 atom stereocenters. The van der Waals surface area contributed by atoms with Gasteiger partial charge in [-0.15, -0.1) is 0 Å². The van der Waals surface area contributed by atoms with Crippen LogP contribution < -0.4 is 0 Å². The smallest absolute Gasteiger partial charge is 0.226 e. The first kappa shape index (κ1) is 12.9. The Bertz CT molecular complexity index is 443. The van der Waals surface area contributed by atoms with Crippen molar-refractivity contribution in [2.75, 3.05) is 13.1 Å². The van der Waals surface area contributed by atoms with Crippen LogP contribution in [0.3, 0.4) is 0 Å². The predicted molar refractivity (Wildman–Crippen MR) is 79.4 cm³/mol. The monoisotopic (exact) mass is 275 g/mol. The van der Waals surface area contributed by atoms with Gasteiger partial charge in [0.05, 0.1) is 0 Å². The van der Waals surface area contributed by atoms with Crippen LogP contribution in [0.1, 0.15) is 43.6 Å². The van der Waals surface area contributed by atoms with E-state index < -0.39 is 0 Å². The maximum atomic E-state index is 12.4. The van der Waals surface area contributed by atoms with Crippen molar-refractivity contribution in [2.45, 2.75) is 38.0 Å². The van der Waals surface area contributed by atoms with Crippen LogP contribution in [0.15, 0.2) is 29.0 Å². The second-order valence-corrected chi connectivity index (χ2v) is 6.42. The maximum Gasteiger partial charge on any atom is 0.226 e. The largest absolute Gasteiger partial charge is 0.342 e. The summed E-state index contributed by atoms with van der Waals surface area (Å²) in [5.74, 6) is 1.32. The van der Waals surface area contributed by atoms with E-state index in [4.69, 9.17) is 0 Å². The summed E-state index contributed by atoms with van der Waals surface area (Å²) in [5, 5.41) is 4.41. The number of hydrogen-bond acceptors (Lipinski definition) is 2. The summed E-state index contributed by atoms with van der Waals surface area (Å²) in [5.41, 5.74) is 1.47. The van der Waals surface area contributed by atoms with Crippen molar-refractivity contribution in [2.24, 2.45) is 5.92 Å². The fraction of sp³-hybridized carbons (Fsp3) is 0.562. The Morgan fingerprint density at radius 1 is 1.21 bits per heavy atom. The molecule has 0 saturated carbocycles. The van der Waals surface area contributed by atoms with E-state index in [1.165, 1.54) is 5.56 Å². The number of allylic oxidation sites excluding steroid dienone is 2. The summed E-state index contributed by atoms with van der Waals surface area (Å²) in [7, 11) is 0. The quantitative estimate of drug-likeness (QED) is 0.752. The van der Waals surface area contributed by atoms with E-state index in [0.29, 0.717) is 11.8 Å². The third-order valence-electron chi connectivity index (χ3n) is 4.44. The van der Waals surface area contributed by atoms with Crippen molar-refractivity contribution in [3.05, 3.63) is 34.5 Å². The van der Waals surface area contributed by atoms with E-state index in [0.717, 1.165) is 45.2 Å². The van der Waals surface area contributed by atoms with Gasteiger partial charge in [0.25, 0.3) is 0 Å². The third kappa shape index (κ3) is 2.92. The van der Waals surface area contributed by atoms with E-state index in [9.17, 15) is 4.79 Å². The minimum Gasteiger partial charge on any atom is -0.342 e. The standard InChI is InChI=1S/C16H21NOS/c18-16(14-4-2-1-3-5-14)17-9-6-13(7-10-17)15-8-11-19-12-15/h1-2,8,11-14H,3-7,9-10H2/t14-/m1/s1. The molecule has 0 N–H and O–H groups in total. The molecule has 19 heavy (non-hydrogen) atoms. The second kappa shape index (κ2) is 5.91. The molecule has 3 heteroatoms. The molecular weight excluding hydrogens is 254 g/mol. The summed E-state index contributed by atoms with van der Waals surface area (Å²) >= 11 is 1.77. The fourth-order valence-corrected chi connectivity index (χ4v) is 3.96. The van der Waals surface area contributed by atoms with E-state index in [-0.39, 0.29) is 5.92 Å². The average molecular weight is 275 g/mol. The molecule has 0 radical (unpaired) electrons. The minimum atomic E-state index is 0.252. The Kier molecular flexibility index (Phi) is 4.02. The van der Waals surface area contributed by atoms with Crippen molar-refractivity contribution in [3.63, 3.8) is 0 Å². The van der Waals surface area contributed by atoms with Gasteiger partial charge in [0.15, 0.2) is 0 Å². The van der Waals surface area contributed by atoms with Gasteiger partial charge in [0.1, 0.15) is 0 Å². The molecule has 1 saturated heterocycles. The molecule has 0 unspecified atom stereocenters. The lowest BCUT2D eigenvalue weighted by Gasteiger charge is -2.34. The summed E-state index contributed by atoms with van der Waals surface area (Å²) in [4.78, 5) is 14.5. The van der Waals surface area contributed by atoms with Crippen LogP contribution in [0.4, 0.5) is 0 Å². The molecule has 102 valence electrons. The van der Waals surface area contributed by atoms with Crippen LogP contribution in [-0.2, 0) is 4.79 Å². The van der Waals surface area contributed by atoms with E-state index >= 15 is 0 Å². The Morgan fingerprint density at radius 3 is 2.68 bits per heavy atom. The van der Waals surface area contributed by atoms with E-state index in [1.54, 1.807) is 11.3 Å². The number of likely N-dealkylation sites (tertiary alicyclic amines) is 1. The number of hydrogen-bond donors (Lipinski definition) is 0. The minimum absolute atomic E-state index is 0.252. The van der Waals surface area contributed by atoms with Gasteiger partial charge in [0.2, 0.25) is 5.91 Å². The highest BCUT2D eigenvalue weighted by molar-refractivity contribution is 7.07. The zero-order valence-electron chi connectivity index (χ0n) is 11.3. The molecule has 2 aliphatic rings. The van der Waals surface area contributed by atoms with Gasteiger partial charge in [-0.25, -0.2) is 0 Å². The molecule has 2 heterocycles. The Balaban J connectivity index is 1.55. The SMILES string of the molecule is O=C([C@@H]1CC=CCC1)N1CCC(c2ccsc2)CC1. The Hall–Kier alpha value is -1.09. The lowest BCUT2D eigenvalue weighted by atomic mass is 9.89. The van der Waals surface area contributed by atoms with Gasteiger partial charge in [-0.3, -0.25) is 4.79 Å². The number of thiophene rings is 1. The van der Waals surface area contributed by atoms with Crippen LogP contribution >= 0.6 is 11.3 Å². The van der Waals surface area contributed by atoms with Crippen molar-refractivity contribution >= 4 is 17.2 Å². The Labute approximate surface area is 119 Å². The van der Waals surface area contributed by atoms with Crippen molar-refractivity contribution < 1.29 is 4.79 Å². The van der Waals surface area contributed by atoms with Gasteiger partial charge < -0.3 is 4.90 Å². The first-order valence-corrected chi connectivity index (χ1v) is 8.25. The Morgan fingerprint density at radius 2 is 2.05 bits per heavy atom. The molecule has 1 aliphatic carbocycles. The topological polar surface area (TPSA) is 20.3 Å². The van der Waals surface area contributed by atoms with Gasteiger partial charge >= 0.3 is 0 Å². The van der Waals surface area contributed by atoms with Crippen LogP contribution in [0.25, 0.3) is 0 Å². The summed E-state index contributed by atoms with van der Waals surface area (Å²) in [6.07, 6.45) is 9.69. The maximum absolute atomic E-state index is 12.4. The number of nitrogens with zero attached hydrogens (tertiary/aromatic N) is 1. The highest BCUT2D eigenvalue weighted by atomic mass is 32.1. The number of amides is 1. The first-order valence-electron chi connectivity index (χ1n) is 7.30. The molecule has 1 aromatic heterocycles. The lowest BCUT2D eigenvalue weighted by Crippen LogP contribution is -2.41. The lowest BCUT2D eigenvalue weighted by molar-refractivity contribution is -0.136. The highest BCUT2D eigenvalue weighted by Gasteiger charge is 2.28. The van der Waals surface area contributed by atoms with E-state index in [1.807, 2.05) is 0 Å². The fourth-order valence-electron chi connectivity index (χ4n) is 3.22. The van der Waals surface area contributed by atoms with Gasteiger partial charge in [-0.1, -0.05) is 12.2 Å². The first-order chi connectivity index (χ1) is 9.34. The van der Waals surface area contributed by atoms with Gasteiger partial charge in [0, 0.05) is 19.0 Å². The zero-order valence-corrected chi connectivity index (χ0v) is 12.1. The van der Waals surface area contributed by atoms with Crippen LogP contribution in [-0.4, -0.2) is 23.9 Å². The highest BCUT2D eigenvalue weighted by Crippen LogP contribution is 2.31. The van der Waals surface area contributed by atoms with Gasteiger partial charge in [-0.2, -0.15) is 11.3 Å². The number of carbonyl (C=O) groups is 1. The third-order valence-corrected chi connectivity index (χ3v) is 5.14. The molecular formula is C16H21NOS. The molecule has 3 rings (SSSR count). The van der Waals surface area contributed by atoms with Crippen LogP contribution in [0.5, 0.6) is 0 Å². The normalized spacial score (nSPS) is 24.6. The van der Waals surface area contributed by atoms with Crippen molar-refractivity contribution in [1.29, 1.82) is 0 Å². The summed E-state index contributed by atoms with van der Waals surface area (Å²) < 4.78 is 0. The molecule has 1 amide bonds. The van der Waals surface area contributed by atoms with E-state index in [2.05, 4.69) is 33.9 Å². The van der Waals surface area contributed by atoms with Gasteiger partial charge in [-0.05, 0) is 60.4 Å². The summed E-state index contributed by atoms with van der Waals surface area (Å²) in [6, 6.07) is 2.23. The number of carbonyl (C=O) groups excluding carboxylic acids is 1. The van der Waals surface area contributed by atoms with Crippen molar-refractivity contribution in [1.82, 2.24) is 4.90 Å². The molecule has 2 nitrogen and oxygen atoms in total. The predicted octanol–water partition coefficient (Wildman–Crippen LogP) is 3.81.